The zero-order chi connectivity index (χ0) is 27.9. The summed E-state index contributed by atoms with van der Waals surface area (Å²) >= 11 is 1.28. The van der Waals surface area contributed by atoms with Gasteiger partial charge in [0.25, 0.3) is 5.56 Å². The Labute approximate surface area is 235 Å². The Morgan fingerprint density at radius 2 is 2.05 bits per heavy atom. The number of hydrogen-bond acceptors (Lipinski definition) is 5. The number of thioether (sulfide) groups is 1. The Kier molecular flexibility index (Phi) is 9.68. The molecule has 1 N–H and O–H groups in total. The number of carbonyl (C=O) groups excluding carboxylic acids is 1. The minimum absolute atomic E-state index is 0.0356. The Morgan fingerprint density at radius 1 is 1.28 bits per heavy atom. The Hall–Kier alpha value is -3.32. The van der Waals surface area contributed by atoms with E-state index in [-0.39, 0.29) is 29.2 Å². The molecular weight excluding hydrogens is 506 g/mol. The van der Waals surface area contributed by atoms with Crippen LogP contribution in [0, 0.1) is 6.92 Å². The molecule has 0 aliphatic heterocycles. The summed E-state index contributed by atoms with van der Waals surface area (Å²) in [5.41, 5.74) is 4.46. The highest BCUT2D eigenvalue weighted by Crippen LogP contribution is 2.36. The van der Waals surface area contributed by atoms with Gasteiger partial charge in [-0.2, -0.15) is 0 Å². The van der Waals surface area contributed by atoms with Crippen molar-refractivity contribution in [2.45, 2.75) is 83.3 Å². The highest BCUT2D eigenvalue weighted by molar-refractivity contribution is 7.99. The topological polar surface area (TPSA) is 77.1 Å². The molecule has 1 unspecified atom stereocenters. The van der Waals surface area contributed by atoms with Crippen molar-refractivity contribution in [3.8, 4) is 22.6 Å². The normalized spacial score (nSPS) is 15.0. The van der Waals surface area contributed by atoms with E-state index in [0.717, 1.165) is 54.6 Å². The molecule has 2 aromatic heterocycles. The predicted molar refractivity (Wildman–Crippen MR) is 161 cm³/mol. The zero-order valence-electron chi connectivity index (χ0n) is 23.5. The number of nitrogens with zero attached hydrogens (tertiary/aromatic N) is 2. The van der Waals surface area contributed by atoms with Crippen LogP contribution in [0.15, 0.2) is 69.7 Å². The summed E-state index contributed by atoms with van der Waals surface area (Å²) in [6, 6.07) is 10.2. The van der Waals surface area contributed by atoms with E-state index in [9.17, 15) is 9.59 Å². The van der Waals surface area contributed by atoms with Gasteiger partial charge in [0.2, 0.25) is 5.91 Å². The van der Waals surface area contributed by atoms with Gasteiger partial charge in [0.1, 0.15) is 5.76 Å². The summed E-state index contributed by atoms with van der Waals surface area (Å²) in [5, 5.41) is 3.63. The number of benzene rings is 1. The molecular formula is C32H39N3O3S. The predicted octanol–water partition coefficient (Wildman–Crippen LogP) is 7.58. The fourth-order valence-electron chi connectivity index (χ4n) is 5.12. The maximum absolute atomic E-state index is 13.8. The van der Waals surface area contributed by atoms with Crippen molar-refractivity contribution in [2.24, 2.45) is 0 Å². The molecule has 1 amide bonds. The van der Waals surface area contributed by atoms with Gasteiger partial charge >= 0.3 is 0 Å². The van der Waals surface area contributed by atoms with Crippen molar-refractivity contribution >= 4 is 23.4 Å². The Balaban J connectivity index is 1.78. The first-order valence-corrected chi connectivity index (χ1v) is 14.9. The smallest absolute Gasteiger partial charge is 0.262 e. The molecule has 1 saturated carbocycles. The monoisotopic (exact) mass is 545 g/mol. The lowest BCUT2D eigenvalue weighted by Crippen LogP contribution is -2.37. The van der Waals surface area contributed by atoms with Crippen LogP contribution in [0.3, 0.4) is 0 Å². The maximum atomic E-state index is 13.8. The molecule has 0 saturated heterocycles. The fraction of sp³-hybridized carbons (Fsp3) is 0.406. The molecule has 0 bridgehead atoms. The lowest BCUT2D eigenvalue weighted by molar-refractivity contribution is -0.119. The van der Waals surface area contributed by atoms with Crippen LogP contribution in [0.2, 0.25) is 0 Å². The second kappa shape index (κ2) is 13.2. The van der Waals surface area contributed by atoms with Crippen LogP contribution in [-0.4, -0.2) is 27.3 Å². The number of amides is 1. The molecule has 3 aromatic rings. The highest BCUT2D eigenvalue weighted by atomic mass is 32.2. The largest absolute Gasteiger partial charge is 0.464 e. The molecule has 1 atom stereocenters. The van der Waals surface area contributed by atoms with Gasteiger partial charge in [0.15, 0.2) is 5.16 Å². The first kappa shape index (κ1) is 28.7. The summed E-state index contributed by atoms with van der Waals surface area (Å²) in [6.07, 6.45) is 11.8. The summed E-state index contributed by atoms with van der Waals surface area (Å²) < 4.78 is 7.19. The van der Waals surface area contributed by atoms with Gasteiger partial charge in [0.05, 0.1) is 17.7 Å². The van der Waals surface area contributed by atoms with Gasteiger partial charge in [-0.05, 0) is 68.9 Å². The van der Waals surface area contributed by atoms with Gasteiger partial charge < -0.3 is 9.73 Å². The second-order valence-electron chi connectivity index (χ2n) is 10.3. The van der Waals surface area contributed by atoms with E-state index in [1.54, 1.807) is 12.3 Å². The SMILES string of the molecule is C=C(/C=C\C)n1c(SCC(=O)NC2CCCCC2)nc(-c2cc(-c3ccco3)ccc2C(C)CC)c(C)c1=O. The number of nitrogens with one attached hydrogen (secondary N) is 1. The summed E-state index contributed by atoms with van der Waals surface area (Å²) in [6.45, 7) is 12.1. The minimum Gasteiger partial charge on any atom is -0.464 e. The number of carbonyl (C=O) groups is 1. The third kappa shape index (κ3) is 6.64. The first-order chi connectivity index (χ1) is 18.8. The molecule has 7 heteroatoms. The van der Waals surface area contributed by atoms with Crippen LogP contribution in [0.25, 0.3) is 28.3 Å². The average Bonchev–Trinajstić information content (AvgIpc) is 3.49. The van der Waals surface area contributed by atoms with Gasteiger partial charge in [-0.3, -0.25) is 14.2 Å². The molecule has 1 aliphatic carbocycles. The number of furan rings is 1. The molecule has 0 radical (unpaired) electrons. The lowest BCUT2D eigenvalue weighted by Gasteiger charge is -2.23. The van der Waals surface area contributed by atoms with E-state index in [4.69, 9.17) is 9.40 Å². The first-order valence-electron chi connectivity index (χ1n) is 13.9. The van der Waals surface area contributed by atoms with Crippen molar-refractivity contribution in [1.82, 2.24) is 14.9 Å². The van der Waals surface area contributed by atoms with Crippen LogP contribution in [0.1, 0.15) is 76.3 Å². The lowest BCUT2D eigenvalue weighted by atomic mass is 9.89. The van der Waals surface area contributed by atoms with Crippen molar-refractivity contribution < 1.29 is 9.21 Å². The summed E-state index contributed by atoms with van der Waals surface area (Å²) in [5.74, 6) is 1.17. The zero-order valence-corrected chi connectivity index (χ0v) is 24.3. The standard InChI is InChI=1S/C32H39N3O3S/c1-6-12-22(4)35-31(37)23(5)30(34-32(35)39-20-29(36)33-25-13-9-8-10-14-25)27-19-24(28-15-11-18-38-28)16-17-26(27)21(3)7-2/h6,11-12,15-19,21,25H,4,7-10,13-14,20H2,1-3,5H3,(H,33,36)/b12-6-. The van der Waals surface area contributed by atoms with Gasteiger partial charge in [-0.25, -0.2) is 4.98 Å². The summed E-state index contributed by atoms with van der Waals surface area (Å²) in [4.78, 5) is 31.7. The number of aromatic nitrogens is 2. The quantitative estimate of drug-likeness (QED) is 0.161. The molecule has 2 heterocycles. The van der Waals surface area contributed by atoms with Crippen LogP contribution in [0.4, 0.5) is 0 Å². The van der Waals surface area contributed by atoms with Crippen LogP contribution >= 0.6 is 11.8 Å². The number of rotatable bonds is 10. The molecule has 4 rings (SSSR count). The third-order valence-corrected chi connectivity index (χ3v) is 8.42. The van der Waals surface area contributed by atoms with Crippen LogP contribution < -0.4 is 10.9 Å². The van der Waals surface area contributed by atoms with E-state index < -0.39 is 0 Å². The molecule has 1 aromatic carbocycles. The average molecular weight is 546 g/mol. The van der Waals surface area contributed by atoms with E-state index in [0.29, 0.717) is 22.1 Å². The Morgan fingerprint density at radius 3 is 2.72 bits per heavy atom. The highest BCUT2D eigenvalue weighted by Gasteiger charge is 2.22. The Bertz CT molecular complexity index is 1400. The molecule has 0 spiro atoms. The number of allylic oxidation sites excluding steroid dienone is 3. The van der Waals surface area contributed by atoms with Gasteiger partial charge in [-0.1, -0.05) is 69.7 Å². The third-order valence-electron chi connectivity index (χ3n) is 7.48. The van der Waals surface area contributed by atoms with Crippen molar-refractivity contribution in [3.63, 3.8) is 0 Å². The van der Waals surface area contributed by atoms with E-state index in [2.05, 4.69) is 43.9 Å². The van der Waals surface area contributed by atoms with Crippen LogP contribution in [0.5, 0.6) is 0 Å². The van der Waals surface area contributed by atoms with E-state index >= 15 is 0 Å². The number of hydrogen-bond donors (Lipinski definition) is 1. The molecule has 6 nitrogen and oxygen atoms in total. The van der Waals surface area contributed by atoms with Crippen molar-refractivity contribution in [1.29, 1.82) is 0 Å². The van der Waals surface area contributed by atoms with Crippen LogP contribution in [-0.2, 0) is 4.79 Å². The molecule has 1 aliphatic rings. The van der Waals surface area contributed by atoms with E-state index in [1.165, 1.54) is 22.7 Å². The van der Waals surface area contributed by atoms with Crippen molar-refractivity contribution in [2.75, 3.05) is 5.75 Å². The molecule has 1 fully saturated rings. The van der Waals surface area contributed by atoms with Gasteiger partial charge in [0, 0.05) is 28.4 Å². The van der Waals surface area contributed by atoms with Gasteiger partial charge in [-0.15, -0.1) is 0 Å². The fourth-order valence-corrected chi connectivity index (χ4v) is 5.95. The minimum atomic E-state index is -0.184. The van der Waals surface area contributed by atoms with E-state index in [1.807, 2.05) is 32.1 Å². The molecule has 39 heavy (non-hydrogen) atoms. The second-order valence-corrected chi connectivity index (χ2v) is 11.2. The molecule has 206 valence electrons. The summed E-state index contributed by atoms with van der Waals surface area (Å²) in [7, 11) is 0. The van der Waals surface area contributed by atoms with Crippen molar-refractivity contribution in [3.05, 3.63) is 76.8 Å². The maximum Gasteiger partial charge on any atom is 0.262 e.